The minimum absolute atomic E-state index is 0.0744. The molecule has 1 aliphatic heterocycles. The Morgan fingerprint density at radius 1 is 1.00 bits per heavy atom. The predicted octanol–water partition coefficient (Wildman–Crippen LogP) is 4.44. The van der Waals surface area contributed by atoms with Crippen LogP contribution in [0, 0.1) is 6.92 Å². The van der Waals surface area contributed by atoms with Gasteiger partial charge >= 0.3 is 0 Å². The highest BCUT2D eigenvalue weighted by Crippen LogP contribution is 2.35. The van der Waals surface area contributed by atoms with Gasteiger partial charge in [-0.1, -0.05) is 13.0 Å². The number of nitrogens with zero attached hydrogens (tertiary/aromatic N) is 2. The molecule has 5 heteroatoms. The van der Waals surface area contributed by atoms with Crippen LogP contribution in [0.15, 0.2) is 40.5 Å². The average Bonchev–Trinajstić information content (AvgIpc) is 2.76. The van der Waals surface area contributed by atoms with Gasteiger partial charge in [-0.15, -0.1) is 5.10 Å². The number of hydrogen-bond donors (Lipinski definition) is 1. The predicted molar refractivity (Wildman–Crippen MR) is 104 cm³/mol. The van der Waals surface area contributed by atoms with Crippen molar-refractivity contribution in [1.82, 2.24) is 0 Å². The van der Waals surface area contributed by atoms with Gasteiger partial charge in [0, 0.05) is 22.8 Å². The maximum Gasteiger partial charge on any atom is 0.160 e. The van der Waals surface area contributed by atoms with Gasteiger partial charge in [0.1, 0.15) is 11.5 Å². The number of methoxy groups -OCH3 is 2. The quantitative estimate of drug-likeness (QED) is 0.885. The lowest BCUT2D eigenvalue weighted by Crippen LogP contribution is -2.13. The van der Waals surface area contributed by atoms with Crippen LogP contribution in [0.5, 0.6) is 17.2 Å². The second-order valence-corrected chi connectivity index (χ2v) is 6.45. The summed E-state index contributed by atoms with van der Waals surface area (Å²) in [6.07, 6.45) is 0.935. The van der Waals surface area contributed by atoms with E-state index in [1.165, 1.54) is 12.7 Å². The van der Waals surface area contributed by atoms with Crippen molar-refractivity contribution in [3.63, 3.8) is 0 Å². The van der Waals surface area contributed by atoms with E-state index in [1.807, 2.05) is 26.0 Å². The van der Waals surface area contributed by atoms with E-state index in [0.29, 0.717) is 11.5 Å². The Balaban J connectivity index is 2.25. The van der Waals surface area contributed by atoms with Crippen LogP contribution in [0.1, 0.15) is 48.4 Å². The number of ether oxygens (including phenoxy) is 2. The van der Waals surface area contributed by atoms with Gasteiger partial charge in [0.05, 0.1) is 14.2 Å². The van der Waals surface area contributed by atoms with E-state index in [1.54, 1.807) is 19.2 Å². The molecule has 0 spiro atoms. The molecule has 2 aromatic rings. The van der Waals surface area contributed by atoms with Gasteiger partial charge in [-0.05, 0) is 55.7 Å². The smallest absolute Gasteiger partial charge is 0.160 e. The number of hydrogen-bond acceptors (Lipinski definition) is 5. The molecule has 1 atom stereocenters. The van der Waals surface area contributed by atoms with E-state index in [4.69, 9.17) is 9.47 Å². The molecule has 0 bridgehead atoms. The van der Waals surface area contributed by atoms with Crippen molar-refractivity contribution >= 4 is 11.4 Å². The van der Waals surface area contributed by atoms with Crippen LogP contribution in [-0.2, 0) is 0 Å². The number of phenolic OH excluding ortho intramolecular Hbond substituents is 1. The van der Waals surface area contributed by atoms with Gasteiger partial charge in [0.25, 0.3) is 0 Å². The van der Waals surface area contributed by atoms with Gasteiger partial charge in [-0.2, -0.15) is 5.10 Å². The molecule has 1 aliphatic rings. The summed E-state index contributed by atoms with van der Waals surface area (Å²) in [5.41, 5.74) is 5.71. The second kappa shape index (κ2) is 7.20. The van der Waals surface area contributed by atoms with Crippen LogP contribution >= 0.6 is 0 Å². The molecule has 0 aliphatic carbocycles. The van der Waals surface area contributed by atoms with Crippen molar-refractivity contribution in [1.29, 1.82) is 0 Å². The van der Waals surface area contributed by atoms with Crippen LogP contribution in [-0.4, -0.2) is 30.7 Å². The maximum absolute atomic E-state index is 10.2. The first-order valence-electron chi connectivity index (χ1n) is 8.68. The number of phenols is 1. The van der Waals surface area contributed by atoms with Crippen molar-refractivity contribution in [2.45, 2.75) is 33.1 Å². The minimum Gasteiger partial charge on any atom is -0.504 e. The molecule has 5 nitrogen and oxygen atoms in total. The number of rotatable bonds is 4. The molecule has 0 saturated heterocycles. The van der Waals surface area contributed by atoms with Gasteiger partial charge in [-0.25, -0.2) is 0 Å². The molecule has 26 heavy (non-hydrogen) atoms. The Bertz CT molecular complexity index is 900. The van der Waals surface area contributed by atoms with Gasteiger partial charge in [0.2, 0.25) is 0 Å². The summed E-state index contributed by atoms with van der Waals surface area (Å²) in [5, 5.41) is 19.2. The largest absolute Gasteiger partial charge is 0.504 e. The molecular weight excluding hydrogens is 328 g/mol. The summed E-state index contributed by atoms with van der Waals surface area (Å²) in [6.45, 7) is 6.20. The van der Waals surface area contributed by atoms with Crippen molar-refractivity contribution < 1.29 is 14.6 Å². The second-order valence-electron chi connectivity index (χ2n) is 6.45. The van der Waals surface area contributed by atoms with Gasteiger partial charge < -0.3 is 14.6 Å². The van der Waals surface area contributed by atoms with Gasteiger partial charge in [0.15, 0.2) is 11.5 Å². The van der Waals surface area contributed by atoms with E-state index in [9.17, 15) is 5.11 Å². The van der Waals surface area contributed by atoms with Crippen LogP contribution in [0.2, 0.25) is 0 Å². The van der Waals surface area contributed by atoms with Gasteiger partial charge in [-0.3, -0.25) is 0 Å². The fraction of sp³-hybridized carbons (Fsp3) is 0.333. The Morgan fingerprint density at radius 2 is 1.73 bits per heavy atom. The molecule has 0 radical (unpaired) electrons. The average molecular weight is 352 g/mol. The van der Waals surface area contributed by atoms with E-state index in [0.717, 1.165) is 34.6 Å². The first-order valence-corrected chi connectivity index (χ1v) is 8.68. The summed E-state index contributed by atoms with van der Waals surface area (Å²) >= 11 is 0. The Labute approximate surface area is 154 Å². The molecule has 2 aromatic carbocycles. The van der Waals surface area contributed by atoms with E-state index in [-0.39, 0.29) is 11.7 Å². The zero-order valence-electron chi connectivity index (χ0n) is 15.8. The highest BCUT2D eigenvalue weighted by Gasteiger charge is 2.25. The van der Waals surface area contributed by atoms with Crippen LogP contribution in [0.4, 0.5) is 0 Å². The summed E-state index contributed by atoms with van der Waals surface area (Å²) < 4.78 is 10.7. The normalized spacial score (nSPS) is 16.3. The van der Waals surface area contributed by atoms with Crippen molar-refractivity contribution in [3.8, 4) is 17.2 Å². The summed E-state index contributed by atoms with van der Waals surface area (Å²) in [4.78, 5) is 0. The number of aryl methyl sites for hydroxylation is 1. The van der Waals surface area contributed by atoms with Crippen LogP contribution in [0.3, 0.4) is 0 Å². The lowest BCUT2D eigenvalue weighted by Gasteiger charge is -2.19. The highest BCUT2D eigenvalue weighted by molar-refractivity contribution is 6.16. The summed E-state index contributed by atoms with van der Waals surface area (Å²) in [6, 6.07) is 9.44. The molecule has 1 heterocycles. The first kappa shape index (κ1) is 18.0. The molecule has 0 saturated carbocycles. The lowest BCUT2D eigenvalue weighted by atomic mass is 9.85. The third-order valence-electron chi connectivity index (χ3n) is 4.87. The zero-order valence-corrected chi connectivity index (χ0v) is 15.8. The Morgan fingerprint density at radius 3 is 2.35 bits per heavy atom. The number of aromatic hydroxyl groups is 1. The van der Waals surface area contributed by atoms with Crippen molar-refractivity contribution in [3.05, 3.63) is 52.6 Å². The Kier molecular flexibility index (Phi) is 4.98. The zero-order chi connectivity index (χ0) is 18.8. The number of benzene rings is 2. The topological polar surface area (TPSA) is 63.4 Å². The molecule has 136 valence electrons. The Hall–Kier alpha value is -2.82. The molecule has 1 N–H and O–H groups in total. The lowest BCUT2D eigenvalue weighted by molar-refractivity contribution is 0.373. The monoisotopic (exact) mass is 352 g/mol. The molecule has 3 rings (SSSR count). The standard InChI is InChI=1S/C21H24N2O3/c1-6-15-13(3)22-23-21(14-7-8-19(25-4)18(24)10-14)17-11-20(26-5)12(2)9-16(15)17/h7-11,15,24H,6H2,1-5H3. The SMILES string of the molecule is CCC1C(C)=NN=C(c2ccc(OC)c(O)c2)c2cc(OC)c(C)cc21. The maximum atomic E-state index is 10.2. The fourth-order valence-corrected chi connectivity index (χ4v) is 3.47. The molecule has 1 unspecified atom stereocenters. The first-order chi connectivity index (χ1) is 12.5. The van der Waals surface area contributed by atoms with Crippen LogP contribution < -0.4 is 9.47 Å². The third-order valence-corrected chi connectivity index (χ3v) is 4.87. The highest BCUT2D eigenvalue weighted by atomic mass is 16.5. The van der Waals surface area contributed by atoms with Crippen LogP contribution in [0.25, 0.3) is 0 Å². The van der Waals surface area contributed by atoms with Crippen molar-refractivity contribution in [2.75, 3.05) is 14.2 Å². The molecule has 0 aromatic heterocycles. The molecular formula is C21H24N2O3. The third kappa shape index (κ3) is 3.05. The minimum atomic E-state index is 0.0744. The van der Waals surface area contributed by atoms with E-state index >= 15 is 0 Å². The van der Waals surface area contributed by atoms with Crippen molar-refractivity contribution in [2.24, 2.45) is 10.2 Å². The van der Waals surface area contributed by atoms with E-state index < -0.39 is 0 Å². The summed E-state index contributed by atoms with van der Waals surface area (Å²) in [5.74, 6) is 1.51. The number of fused-ring (bicyclic) bond motifs is 1. The summed E-state index contributed by atoms with van der Waals surface area (Å²) in [7, 11) is 3.20. The fourth-order valence-electron chi connectivity index (χ4n) is 3.47. The molecule has 0 fully saturated rings. The van der Waals surface area contributed by atoms with E-state index in [2.05, 4.69) is 23.2 Å². The molecule has 0 amide bonds.